The molecule has 0 radical (unpaired) electrons. The van der Waals surface area contributed by atoms with Gasteiger partial charge in [0.25, 0.3) is 0 Å². The highest BCUT2D eigenvalue weighted by molar-refractivity contribution is 5.41. The molecule has 1 aliphatic heterocycles. The zero-order valence-corrected chi connectivity index (χ0v) is 11.7. The zero-order chi connectivity index (χ0) is 13.9. The summed E-state index contributed by atoms with van der Waals surface area (Å²) < 4.78 is 5.04. The molecule has 1 saturated heterocycles. The van der Waals surface area contributed by atoms with Gasteiger partial charge in [-0.3, -0.25) is 4.90 Å². The molecular formula is C15H23NO3. The quantitative estimate of drug-likeness (QED) is 0.874. The lowest BCUT2D eigenvalue weighted by atomic mass is 9.82. The standard InChI is InChI=1S/C15H23NO3/c1-15(11-17)6-3-7-16(10-15)9-12-4-5-14(19-2)13(18)8-12/h4-5,8,17-18H,3,6-7,9-11H2,1-2H3. The molecule has 4 nitrogen and oxygen atoms in total. The highest BCUT2D eigenvalue weighted by atomic mass is 16.5. The van der Waals surface area contributed by atoms with Crippen LogP contribution >= 0.6 is 0 Å². The molecule has 0 amide bonds. The van der Waals surface area contributed by atoms with Crippen LogP contribution in [0.25, 0.3) is 0 Å². The van der Waals surface area contributed by atoms with Crippen LogP contribution in [0.2, 0.25) is 0 Å². The summed E-state index contributed by atoms with van der Waals surface area (Å²) in [5.74, 6) is 0.685. The van der Waals surface area contributed by atoms with E-state index in [1.54, 1.807) is 19.2 Å². The van der Waals surface area contributed by atoms with Gasteiger partial charge in [-0.2, -0.15) is 0 Å². The summed E-state index contributed by atoms with van der Waals surface area (Å²) in [4.78, 5) is 2.33. The molecule has 4 heteroatoms. The number of likely N-dealkylation sites (tertiary alicyclic amines) is 1. The first-order chi connectivity index (χ1) is 9.06. The molecule has 1 fully saturated rings. The first-order valence-electron chi connectivity index (χ1n) is 6.75. The van der Waals surface area contributed by atoms with E-state index in [0.29, 0.717) is 5.75 Å². The van der Waals surface area contributed by atoms with Gasteiger partial charge in [-0.25, -0.2) is 0 Å². The number of nitrogens with zero attached hydrogens (tertiary/aromatic N) is 1. The van der Waals surface area contributed by atoms with Gasteiger partial charge in [0.1, 0.15) is 0 Å². The summed E-state index contributed by atoms with van der Waals surface area (Å²) in [6, 6.07) is 5.52. The second-order valence-corrected chi connectivity index (χ2v) is 5.79. The van der Waals surface area contributed by atoms with E-state index in [2.05, 4.69) is 11.8 Å². The SMILES string of the molecule is COc1ccc(CN2CCCC(C)(CO)C2)cc1O. The van der Waals surface area contributed by atoms with Gasteiger partial charge in [-0.15, -0.1) is 0 Å². The van der Waals surface area contributed by atoms with Gasteiger partial charge in [0.2, 0.25) is 0 Å². The van der Waals surface area contributed by atoms with Gasteiger partial charge in [0.15, 0.2) is 11.5 Å². The fourth-order valence-corrected chi connectivity index (χ4v) is 2.78. The summed E-state index contributed by atoms with van der Waals surface area (Å²) >= 11 is 0. The van der Waals surface area contributed by atoms with Crippen LogP contribution in [0.3, 0.4) is 0 Å². The average Bonchev–Trinajstić information content (AvgIpc) is 2.39. The number of hydrogen-bond acceptors (Lipinski definition) is 4. The van der Waals surface area contributed by atoms with Gasteiger partial charge in [0, 0.05) is 25.1 Å². The smallest absolute Gasteiger partial charge is 0.160 e. The Hall–Kier alpha value is -1.26. The summed E-state index contributed by atoms with van der Waals surface area (Å²) in [6.45, 7) is 5.10. The van der Waals surface area contributed by atoms with E-state index in [1.807, 2.05) is 6.07 Å². The van der Waals surface area contributed by atoms with E-state index in [9.17, 15) is 10.2 Å². The van der Waals surface area contributed by atoms with Crippen molar-refractivity contribution in [2.45, 2.75) is 26.3 Å². The number of ether oxygens (including phenoxy) is 1. The van der Waals surface area contributed by atoms with Crippen molar-refractivity contribution in [3.63, 3.8) is 0 Å². The Kier molecular flexibility index (Phi) is 4.32. The summed E-state index contributed by atoms with van der Waals surface area (Å²) in [5, 5.41) is 19.2. The van der Waals surface area contributed by atoms with Gasteiger partial charge < -0.3 is 14.9 Å². The maximum atomic E-state index is 9.79. The first-order valence-corrected chi connectivity index (χ1v) is 6.75. The number of piperidine rings is 1. The third kappa shape index (κ3) is 3.39. The molecule has 2 rings (SSSR count). The van der Waals surface area contributed by atoms with Crippen molar-refractivity contribution in [3.8, 4) is 11.5 Å². The predicted octanol–water partition coefficient (Wildman–Crippen LogP) is 2.00. The summed E-state index contributed by atoms with van der Waals surface area (Å²) in [7, 11) is 1.55. The van der Waals surface area contributed by atoms with Crippen molar-refractivity contribution in [2.75, 3.05) is 26.8 Å². The molecule has 0 aliphatic carbocycles. The predicted molar refractivity (Wildman–Crippen MR) is 74.4 cm³/mol. The first kappa shape index (κ1) is 14.2. The van der Waals surface area contributed by atoms with Crippen LogP contribution in [0.5, 0.6) is 11.5 Å². The van der Waals surface area contributed by atoms with Gasteiger partial charge in [-0.1, -0.05) is 13.0 Å². The van der Waals surface area contributed by atoms with E-state index in [4.69, 9.17) is 4.74 Å². The fraction of sp³-hybridized carbons (Fsp3) is 0.600. The second-order valence-electron chi connectivity index (χ2n) is 5.79. The van der Waals surface area contributed by atoms with Crippen LogP contribution in [-0.2, 0) is 6.54 Å². The molecule has 0 aromatic heterocycles. The number of aliphatic hydroxyl groups is 1. The number of benzene rings is 1. The molecule has 1 atom stereocenters. The van der Waals surface area contributed by atoms with Crippen molar-refractivity contribution in [2.24, 2.45) is 5.41 Å². The van der Waals surface area contributed by atoms with E-state index >= 15 is 0 Å². The van der Waals surface area contributed by atoms with Gasteiger partial charge in [-0.05, 0) is 37.1 Å². The summed E-state index contributed by atoms with van der Waals surface area (Å²) in [5.41, 5.74) is 1.08. The maximum Gasteiger partial charge on any atom is 0.160 e. The Morgan fingerprint density at radius 2 is 2.21 bits per heavy atom. The molecule has 106 valence electrons. The highest BCUT2D eigenvalue weighted by Gasteiger charge is 2.30. The molecule has 0 spiro atoms. The van der Waals surface area contributed by atoms with Crippen LogP contribution in [0.15, 0.2) is 18.2 Å². The van der Waals surface area contributed by atoms with Crippen LogP contribution in [0.1, 0.15) is 25.3 Å². The van der Waals surface area contributed by atoms with Crippen LogP contribution < -0.4 is 4.74 Å². The molecule has 1 unspecified atom stereocenters. The lowest BCUT2D eigenvalue weighted by molar-refractivity contribution is 0.0429. The Morgan fingerprint density at radius 1 is 1.42 bits per heavy atom. The number of rotatable bonds is 4. The normalized spacial score (nSPS) is 24.4. The minimum absolute atomic E-state index is 0.00671. The van der Waals surface area contributed by atoms with E-state index in [1.165, 1.54) is 0 Å². The molecule has 0 bridgehead atoms. The van der Waals surface area contributed by atoms with Crippen LogP contribution in [0.4, 0.5) is 0 Å². The Bertz CT molecular complexity index is 435. The lowest BCUT2D eigenvalue weighted by Gasteiger charge is -2.39. The largest absolute Gasteiger partial charge is 0.504 e. The van der Waals surface area contributed by atoms with Crippen LogP contribution in [0, 0.1) is 5.41 Å². The Morgan fingerprint density at radius 3 is 2.84 bits per heavy atom. The van der Waals surface area contributed by atoms with Crippen molar-refractivity contribution in [1.29, 1.82) is 0 Å². The van der Waals surface area contributed by atoms with Crippen molar-refractivity contribution < 1.29 is 14.9 Å². The zero-order valence-electron chi connectivity index (χ0n) is 11.7. The van der Waals surface area contributed by atoms with Crippen molar-refractivity contribution >= 4 is 0 Å². The van der Waals surface area contributed by atoms with Gasteiger partial charge in [0.05, 0.1) is 7.11 Å². The van der Waals surface area contributed by atoms with E-state index < -0.39 is 0 Å². The van der Waals surface area contributed by atoms with Crippen molar-refractivity contribution in [3.05, 3.63) is 23.8 Å². The fourth-order valence-electron chi connectivity index (χ4n) is 2.78. The summed E-state index contributed by atoms with van der Waals surface area (Å²) in [6.07, 6.45) is 2.19. The average molecular weight is 265 g/mol. The number of hydrogen-bond donors (Lipinski definition) is 2. The van der Waals surface area contributed by atoms with E-state index in [0.717, 1.165) is 38.0 Å². The Labute approximate surface area is 114 Å². The lowest BCUT2D eigenvalue weighted by Crippen LogP contribution is -2.43. The van der Waals surface area contributed by atoms with Gasteiger partial charge >= 0.3 is 0 Å². The molecule has 1 heterocycles. The number of phenolic OH excluding ortho intramolecular Hbond substituents is 1. The molecule has 2 N–H and O–H groups in total. The second kappa shape index (κ2) is 5.80. The molecule has 1 aliphatic rings. The Balaban J connectivity index is 2.03. The van der Waals surface area contributed by atoms with Crippen molar-refractivity contribution in [1.82, 2.24) is 4.90 Å². The monoisotopic (exact) mass is 265 g/mol. The molecular weight excluding hydrogens is 242 g/mol. The molecule has 1 aromatic carbocycles. The number of phenols is 1. The topological polar surface area (TPSA) is 52.9 Å². The third-order valence-corrected chi connectivity index (χ3v) is 3.89. The van der Waals surface area contributed by atoms with E-state index in [-0.39, 0.29) is 17.8 Å². The minimum Gasteiger partial charge on any atom is -0.504 e. The molecule has 0 saturated carbocycles. The molecule has 19 heavy (non-hydrogen) atoms. The molecule has 1 aromatic rings. The third-order valence-electron chi connectivity index (χ3n) is 3.89. The van der Waals surface area contributed by atoms with Crippen LogP contribution in [-0.4, -0.2) is 41.9 Å². The number of aromatic hydroxyl groups is 1. The number of methoxy groups -OCH3 is 1. The number of aliphatic hydroxyl groups excluding tert-OH is 1. The maximum absolute atomic E-state index is 9.79. The highest BCUT2D eigenvalue weighted by Crippen LogP contribution is 2.31. The minimum atomic E-state index is 0.00671.